The third kappa shape index (κ3) is 8.79. The van der Waals surface area contributed by atoms with Gasteiger partial charge in [0.25, 0.3) is 0 Å². The summed E-state index contributed by atoms with van der Waals surface area (Å²) < 4.78 is 11.5. The highest BCUT2D eigenvalue weighted by molar-refractivity contribution is 14.0. The van der Waals surface area contributed by atoms with Gasteiger partial charge in [0.2, 0.25) is 0 Å². The third-order valence-electron chi connectivity index (χ3n) is 4.44. The molecule has 1 aromatic carbocycles. The largest absolute Gasteiger partial charge is 0.489 e. The van der Waals surface area contributed by atoms with Crippen molar-refractivity contribution in [1.29, 1.82) is 0 Å². The number of aliphatic imine (C=N–C) groups is 1. The minimum Gasteiger partial charge on any atom is -0.489 e. The van der Waals surface area contributed by atoms with Gasteiger partial charge in [0.15, 0.2) is 5.96 Å². The normalized spacial score (nSPS) is 20.2. The molecule has 2 unspecified atom stereocenters. The quantitative estimate of drug-likeness (QED) is 0.179. The second-order valence-electron chi connectivity index (χ2n) is 6.93. The van der Waals surface area contributed by atoms with Crippen LogP contribution in [0.1, 0.15) is 25.8 Å². The minimum absolute atomic E-state index is 0. The molecule has 1 aromatic rings. The Morgan fingerprint density at radius 1 is 1.29 bits per heavy atom. The van der Waals surface area contributed by atoms with Gasteiger partial charge in [-0.05, 0) is 26.3 Å². The van der Waals surface area contributed by atoms with E-state index in [0.29, 0.717) is 25.4 Å². The van der Waals surface area contributed by atoms with Crippen molar-refractivity contribution in [2.75, 3.05) is 39.8 Å². The lowest BCUT2D eigenvalue weighted by atomic mass is 10.2. The predicted octanol–water partition coefficient (Wildman–Crippen LogP) is 3.03. The van der Waals surface area contributed by atoms with E-state index in [4.69, 9.17) is 9.47 Å². The van der Waals surface area contributed by atoms with Crippen LogP contribution in [-0.2, 0) is 11.3 Å². The van der Waals surface area contributed by atoms with Gasteiger partial charge in [-0.25, -0.2) is 0 Å². The van der Waals surface area contributed by atoms with E-state index < -0.39 is 0 Å². The molecule has 1 aliphatic heterocycles. The number of ether oxygens (including phenoxy) is 2. The maximum absolute atomic E-state index is 5.78. The zero-order valence-corrected chi connectivity index (χ0v) is 19.6. The molecule has 0 radical (unpaired) electrons. The van der Waals surface area contributed by atoms with E-state index >= 15 is 0 Å². The fraction of sp³-hybridized carbons (Fsp3) is 0.571. The molecule has 0 spiro atoms. The molecule has 2 rings (SSSR count). The van der Waals surface area contributed by atoms with E-state index in [0.717, 1.165) is 49.9 Å². The van der Waals surface area contributed by atoms with Crippen molar-refractivity contribution in [2.45, 2.75) is 39.0 Å². The maximum atomic E-state index is 5.78. The van der Waals surface area contributed by atoms with Gasteiger partial charge in [-0.15, -0.1) is 24.0 Å². The van der Waals surface area contributed by atoms with E-state index in [2.05, 4.69) is 47.0 Å². The first kappa shape index (κ1) is 24.7. The minimum atomic E-state index is 0. The molecule has 6 nitrogen and oxygen atoms in total. The van der Waals surface area contributed by atoms with Crippen molar-refractivity contribution < 1.29 is 9.47 Å². The van der Waals surface area contributed by atoms with Gasteiger partial charge in [0.1, 0.15) is 12.4 Å². The Morgan fingerprint density at radius 3 is 2.68 bits per heavy atom. The van der Waals surface area contributed by atoms with E-state index in [1.54, 1.807) is 13.1 Å². The van der Waals surface area contributed by atoms with Crippen LogP contribution in [0.3, 0.4) is 0 Å². The number of hydrogen-bond acceptors (Lipinski definition) is 4. The Hall–Kier alpha value is -1.32. The topological polar surface area (TPSA) is 58.1 Å². The van der Waals surface area contributed by atoms with E-state index in [1.807, 2.05) is 18.2 Å². The molecule has 0 aromatic heterocycles. The van der Waals surface area contributed by atoms with Crippen molar-refractivity contribution in [2.24, 2.45) is 4.99 Å². The van der Waals surface area contributed by atoms with Crippen molar-refractivity contribution in [3.8, 4) is 5.75 Å². The summed E-state index contributed by atoms with van der Waals surface area (Å²) >= 11 is 0. The molecule has 2 N–H and O–H groups in total. The van der Waals surface area contributed by atoms with E-state index in [-0.39, 0.29) is 24.0 Å². The van der Waals surface area contributed by atoms with Gasteiger partial charge in [-0.1, -0.05) is 30.9 Å². The second kappa shape index (κ2) is 13.8. The molecule has 7 heteroatoms. The summed E-state index contributed by atoms with van der Waals surface area (Å²) in [6.45, 7) is 13.1. The molecule has 0 amide bonds. The highest BCUT2D eigenvalue weighted by Crippen LogP contribution is 2.17. The standard InChI is InChI=1S/C21H34N4O2.HI/c1-5-13-26-20-10-7-6-9-19(20)14-24-21(22-4)23-11-8-12-25-15-17(2)27-18(3)16-25;/h5-7,9-10,17-18H,1,8,11-16H2,2-4H3,(H2,22,23,24);1H. The van der Waals surface area contributed by atoms with Crippen LogP contribution in [0.25, 0.3) is 0 Å². The van der Waals surface area contributed by atoms with E-state index in [1.165, 1.54) is 0 Å². The molecule has 1 aliphatic rings. The monoisotopic (exact) mass is 502 g/mol. The number of nitrogens with one attached hydrogen (secondary N) is 2. The molecular weight excluding hydrogens is 467 g/mol. The maximum Gasteiger partial charge on any atom is 0.191 e. The fourth-order valence-corrected chi connectivity index (χ4v) is 3.32. The number of guanidine groups is 1. The lowest BCUT2D eigenvalue weighted by Crippen LogP contribution is -2.46. The summed E-state index contributed by atoms with van der Waals surface area (Å²) in [6, 6.07) is 8.02. The first-order valence-corrected chi connectivity index (χ1v) is 9.76. The van der Waals surface area contributed by atoms with Crippen LogP contribution in [0.5, 0.6) is 5.75 Å². The predicted molar refractivity (Wildman–Crippen MR) is 127 cm³/mol. The highest BCUT2D eigenvalue weighted by Gasteiger charge is 2.21. The Kier molecular flexibility index (Phi) is 12.2. The Balaban J connectivity index is 0.00000392. The lowest BCUT2D eigenvalue weighted by molar-refractivity contribution is -0.0679. The van der Waals surface area contributed by atoms with Crippen LogP contribution in [0, 0.1) is 0 Å². The Morgan fingerprint density at radius 2 is 2.00 bits per heavy atom. The first-order chi connectivity index (χ1) is 13.1. The van der Waals surface area contributed by atoms with Crippen molar-refractivity contribution in [3.05, 3.63) is 42.5 Å². The van der Waals surface area contributed by atoms with Gasteiger partial charge in [-0.2, -0.15) is 0 Å². The molecule has 1 fully saturated rings. The number of halogens is 1. The van der Waals surface area contributed by atoms with Crippen LogP contribution in [0.15, 0.2) is 41.9 Å². The number of morpholine rings is 1. The average molecular weight is 502 g/mol. The van der Waals surface area contributed by atoms with Crippen molar-refractivity contribution >= 4 is 29.9 Å². The number of hydrogen-bond donors (Lipinski definition) is 2. The zero-order chi connectivity index (χ0) is 19.5. The van der Waals surface area contributed by atoms with Crippen LogP contribution in [0.2, 0.25) is 0 Å². The van der Waals surface area contributed by atoms with Gasteiger partial charge in [0.05, 0.1) is 12.2 Å². The molecule has 2 atom stereocenters. The Bertz CT molecular complexity index is 602. The summed E-state index contributed by atoms with van der Waals surface area (Å²) in [6.07, 6.45) is 3.46. The van der Waals surface area contributed by atoms with Gasteiger partial charge >= 0.3 is 0 Å². The molecule has 28 heavy (non-hydrogen) atoms. The molecular formula is C21H35IN4O2. The summed E-state index contributed by atoms with van der Waals surface area (Å²) in [5, 5.41) is 6.74. The Labute approximate surface area is 186 Å². The number of para-hydroxylation sites is 1. The lowest BCUT2D eigenvalue weighted by Gasteiger charge is -2.35. The summed E-state index contributed by atoms with van der Waals surface area (Å²) in [5.74, 6) is 1.67. The first-order valence-electron chi connectivity index (χ1n) is 9.76. The SMILES string of the molecule is C=CCOc1ccccc1CNC(=NC)NCCCN1CC(C)OC(C)C1.I. The van der Waals surface area contributed by atoms with E-state index in [9.17, 15) is 0 Å². The number of benzene rings is 1. The number of rotatable bonds is 9. The highest BCUT2D eigenvalue weighted by atomic mass is 127. The fourth-order valence-electron chi connectivity index (χ4n) is 3.32. The van der Waals surface area contributed by atoms with Crippen LogP contribution >= 0.6 is 24.0 Å². The second-order valence-corrected chi connectivity index (χ2v) is 6.93. The number of nitrogens with zero attached hydrogens (tertiary/aromatic N) is 2. The van der Waals surface area contributed by atoms with Crippen molar-refractivity contribution in [3.63, 3.8) is 0 Å². The van der Waals surface area contributed by atoms with Crippen LogP contribution in [0.4, 0.5) is 0 Å². The summed E-state index contributed by atoms with van der Waals surface area (Å²) in [7, 11) is 1.79. The molecule has 158 valence electrons. The summed E-state index contributed by atoms with van der Waals surface area (Å²) in [4.78, 5) is 6.78. The van der Waals surface area contributed by atoms with Gasteiger partial charge < -0.3 is 20.1 Å². The third-order valence-corrected chi connectivity index (χ3v) is 4.44. The molecule has 0 bridgehead atoms. The molecule has 0 saturated carbocycles. The summed E-state index contributed by atoms with van der Waals surface area (Å²) in [5.41, 5.74) is 1.10. The molecule has 0 aliphatic carbocycles. The smallest absolute Gasteiger partial charge is 0.191 e. The van der Waals surface area contributed by atoms with Crippen LogP contribution in [-0.4, -0.2) is 62.9 Å². The average Bonchev–Trinajstić information content (AvgIpc) is 2.65. The van der Waals surface area contributed by atoms with Crippen molar-refractivity contribution in [1.82, 2.24) is 15.5 Å². The van der Waals surface area contributed by atoms with Gasteiger partial charge in [-0.3, -0.25) is 9.89 Å². The van der Waals surface area contributed by atoms with Crippen LogP contribution < -0.4 is 15.4 Å². The van der Waals surface area contributed by atoms with Gasteiger partial charge in [0, 0.05) is 45.3 Å². The molecule has 1 heterocycles. The molecule has 1 saturated heterocycles. The zero-order valence-electron chi connectivity index (χ0n) is 17.3.